The quantitative estimate of drug-likeness (QED) is 0.783. The molecule has 0 N–H and O–H groups in total. The number of methoxy groups -OCH3 is 1. The van der Waals surface area contributed by atoms with Gasteiger partial charge in [0.15, 0.2) is 0 Å². The molecule has 0 amide bonds. The summed E-state index contributed by atoms with van der Waals surface area (Å²) in [4.78, 5) is 0. The van der Waals surface area contributed by atoms with E-state index in [1.54, 1.807) is 7.11 Å². The molecule has 0 aliphatic rings. The first kappa shape index (κ1) is 9.52. The van der Waals surface area contributed by atoms with Gasteiger partial charge in [-0.3, -0.25) is 4.68 Å². The van der Waals surface area contributed by atoms with Crippen molar-refractivity contribution in [3.05, 3.63) is 22.3 Å². The molecule has 0 unspecified atom stereocenters. The zero-order chi connectivity index (χ0) is 10.3. The zero-order valence-corrected chi connectivity index (χ0v) is 9.92. The number of ether oxygens (including phenoxy) is 1. The van der Waals surface area contributed by atoms with Crippen LogP contribution in [-0.2, 0) is 7.05 Å². The van der Waals surface area contributed by atoms with Crippen LogP contribution in [0.3, 0.4) is 0 Å². The molecule has 2 rings (SSSR count). The van der Waals surface area contributed by atoms with E-state index < -0.39 is 0 Å². The number of fused-ring (bicyclic) bond motifs is 1. The lowest BCUT2D eigenvalue weighted by molar-refractivity contribution is 0.419. The van der Waals surface area contributed by atoms with Gasteiger partial charge in [-0.15, -0.1) is 0 Å². The van der Waals surface area contributed by atoms with E-state index in [-0.39, 0.29) is 0 Å². The molecule has 3 nitrogen and oxygen atoms in total. The van der Waals surface area contributed by atoms with Crippen molar-refractivity contribution in [3.63, 3.8) is 0 Å². The second-order valence-corrected chi connectivity index (χ2v) is 4.13. The first-order chi connectivity index (χ1) is 6.63. The maximum absolute atomic E-state index is 5.32. The summed E-state index contributed by atoms with van der Waals surface area (Å²) in [6.07, 6.45) is 0. The lowest BCUT2D eigenvalue weighted by Crippen LogP contribution is -1.89. The predicted octanol–water partition coefficient (Wildman–Crippen LogP) is 2.65. The smallest absolute Gasteiger partial charge is 0.131 e. The maximum atomic E-state index is 5.32. The standard InChI is InChI=1S/C10H11BrN2O/c1-6-10-8(13(2)12-6)4-7(11)5-9(10)14-3/h4-5H,1-3H3. The fourth-order valence-corrected chi connectivity index (χ4v) is 2.10. The van der Waals surface area contributed by atoms with Crippen LogP contribution >= 0.6 is 15.9 Å². The fourth-order valence-electron chi connectivity index (χ4n) is 1.68. The Hall–Kier alpha value is -1.03. The Morgan fingerprint density at radius 3 is 2.79 bits per heavy atom. The predicted molar refractivity (Wildman–Crippen MR) is 59.7 cm³/mol. The number of benzene rings is 1. The Morgan fingerprint density at radius 2 is 2.14 bits per heavy atom. The molecule has 0 bridgehead atoms. The van der Waals surface area contributed by atoms with Crippen LogP contribution in [0.25, 0.3) is 10.9 Å². The first-order valence-electron chi connectivity index (χ1n) is 4.30. The van der Waals surface area contributed by atoms with Gasteiger partial charge in [0.25, 0.3) is 0 Å². The second-order valence-electron chi connectivity index (χ2n) is 3.21. The van der Waals surface area contributed by atoms with Gasteiger partial charge < -0.3 is 4.74 Å². The van der Waals surface area contributed by atoms with E-state index in [9.17, 15) is 0 Å². The molecule has 74 valence electrons. The summed E-state index contributed by atoms with van der Waals surface area (Å²) in [6.45, 7) is 1.98. The molecular formula is C10H11BrN2O. The van der Waals surface area contributed by atoms with Gasteiger partial charge in [0.2, 0.25) is 0 Å². The van der Waals surface area contributed by atoms with Gasteiger partial charge in [-0.2, -0.15) is 5.10 Å². The maximum Gasteiger partial charge on any atom is 0.131 e. The van der Waals surface area contributed by atoms with Gasteiger partial charge in [-0.1, -0.05) is 15.9 Å². The van der Waals surface area contributed by atoms with Gasteiger partial charge in [0.05, 0.1) is 23.7 Å². The Bertz CT molecular complexity index is 490. The molecule has 1 aromatic carbocycles. The van der Waals surface area contributed by atoms with Gasteiger partial charge in [0, 0.05) is 11.5 Å². The monoisotopic (exact) mass is 254 g/mol. The van der Waals surface area contributed by atoms with Crippen molar-refractivity contribution in [1.82, 2.24) is 9.78 Å². The molecular weight excluding hydrogens is 244 g/mol. The van der Waals surface area contributed by atoms with E-state index in [4.69, 9.17) is 4.74 Å². The van der Waals surface area contributed by atoms with Crippen molar-refractivity contribution in [3.8, 4) is 5.75 Å². The van der Waals surface area contributed by atoms with Crippen molar-refractivity contribution in [2.24, 2.45) is 7.05 Å². The third-order valence-electron chi connectivity index (χ3n) is 2.28. The molecule has 4 heteroatoms. The minimum atomic E-state index is 0.861. The average Bonchev–Trinajstić information content (AvgIpc) is 2.41. The Morgan fingerprint density at radius 1 is 1.43 bits per heavy atom. The largest absolute Gasteiger partial charge is 0.496 e. The van der Waals surface area contributed by atoms with Gasteiger partial charge in [-0.05, 0) is 19.1 Å². The molecule has 14 heavy (non-hydrogen) atoms. The lowest BCUT2D eigenvalue weighted by Gasteiger charge is -2.03. The summed E-state index contributed by atoms with van der Waals surface area (Å²) < 4.78 is 8.18. The van der Waals surface area contributed by atoms with Crippen molar-refractivity contribution in [1.29, 1.82) is 0 Å². The summed E-state index contributed by atoms with van der Waals surface area (Å²) in [6, 6.07) is 3.99. The number of aromatic nitrogens is 2. The van der Waals surface area contributed by atoms with Crippen LogP contribution in [0, 0.1) is 6.92 Å². The number of hydrogen-bond acceptors (Lipinski definition) is 2. The number of aryl methyl sites for hydroxylation is 2. The summed E-state index contributed by atoms with van der Waals surface area (Å²) in [5, 5.41) is 5.44. The van der Waals surface area contributed by atoms with E-state index in [2.05, 4.69) is 21.0 Å². The van der Waals surface area contributed by atoms with Crippen molar-refractivity contribution in [2.45, 2.75) is 6.92 Å². The van der Waals surface area contributed by atoms with E-state index >= 15 is 0 Å². The molecule has 0 radical (unpaired) electrons. The van der Waals surface area contributed by atoms with Gasteiger partial charge in [-0.25, -0.2) is 0 Å². The van der Waals surface area contributed by atoms with E-state index in [0.29, 0.717) is 0 Å². The van der Waals surface area contributed by atoms with Gasteiger partial charge in [0.1, 0.15) is 5.75 Å². The van der Waals surface area contributed by atoms with E-state index in [1.807, 2.05) is 30.8 Å². The first-order valence-corrected chi connectivity index (χ1v) is 5.09. The van der Waals surface area contributed by atoms with Crippen LogP contribution in [0.5, 0.6) is 5.75 Å². The third kappa shape index (κ3) is 1.30. The summed E-state index contributed by atoms with van der Waals surface area (Å²) in [5.41, 5.74) is 2.07. The highest BCUT2D eigenvalue weighted by atomic mass is 79.9. The summed E-state index contributed by atoms with van der Waals surface area (Å²) in [5.74, 6) is 0.861. The molecule has 1 aromatic heterocycles. The highest BCUT2D eigenvalue weighted by Crippen LogP contribution is 2.31. The highest BCUT2D eigenvalue weighted by molar-refractivity contribution is 9.10. The minimum absolute atomic E-state index is 0.861. The normalized spacial score (nSPS) is 10.9. The van der Waals surface area contributed by atoms with Crippen molar-refractivity contribution >= 4 is 26.8 Å². The van der Waals surface area contributed by atoms with Crippen LogP contribution in [0.15, 0.2) is 16.6 Å². The highest BCUT2D eigenvalue weighted by Gasteiger charge is 2.11. The number of hydrogen-bond donors (Lipinski definition) is 0. The average molecular weight is 255 g/mol. The molecule has 0 aliphatic carbocycles. The molecule has 0 spiro atoms. The van der Waals surface area contributed by atoms with Crippen LogP contribution in [-0.4, -0.2) is 16.9 Å². The van der Waals surface area contributed by atoms with Crippen molar-refractivity contribution < 1.29 is 4.74 Å². The Kier molecular flexibility index (Phi) is 2.23. The third-order valence-corrected chi connectivity index (χ3v) is 2.73. The number of rotatable bonds is 1. The SMILES string of the molecule is COc1cc(Br)cc2c1c(C)nn2C. The molecule has 0 fully saturated rings. The summed E-state index contributed by atoms with van der Waals surface area (Å²) >= 11 is 3.45. The molecule has 0 atom stereocenters. The second kappa shape index (κ2) is 3.28. The molecule has 0 saturated heterocycles. The van der Waals surface area contributed by atoms with Gasteiger partial charge >= 0.3 is 0 Å². The van der Waals surface area contributed by atoms with Crippen LogP contribution in [0.2, 0.25) is 0 Å². The molecule has 0 aliphatic heterocycles. The topological polar surface area (TPSA) is 27.1 Å². The number of halogens is 1. The van der Waals surface area contributed by atoms with Crippen molar-refractivity contribution in [2.75, 3.05) is 7.11 Å². The van der Waals surface area contributed by atoms with E-state index in [1.165, 1.54) is 0 Å². The zero-order valence-electron chi connectivity index (χ0n) is 8.34. The minimum Gasteiger partial charge on any atom is -0.496 e. The molecule has 2 aromatic rings. The van der Waals surface area contributed by atoms with E-state index in [0.717, 1.165) is 26.8 Å². The lowest BCUT2D eigenvalue weighted by atomic mass is 10.2. The van der Waals surface area contributed by atoms with Crippen LogP contribution in [0.4, 0.5) is 0 Å². The molecule has 0 saturated carbocycles. The Balaban J connectivity index is 2.90. The van der Waals surface area contributed by atoms with Crippen LogP contribution < -0.4 is 4.74 Å². The Labute approximate surface area is 90.8 Å². The molecule has 1 heterocycles. The van der Waals surface area contributed by atoms with Crippen LogP contribution in [0.1, 0.15) is 5.69 Å². The number of nitrogens with zero attached hydrogens (tertiary/aromatic N) is 2. The summed E-state index contributed by atoms with van der Waals surface area (Å²) in [7, 11) is 3.61. The fraction of sp³-hybridized carbons (Fsp3) is 0.300.